The molecule has 0 spiro atoms. The van der Waals surface area contributed by atoms with Crippen LogP contribution in [0.3, 0.4) is 0 Å². The minimum Gasteiger partial charge on any atom is -0.493 e. The van der Waals surface area contributed by atoms with Crippen LogP contribution in [0.2, 0.25) is 0 Å². The molecule has 1 rings (SSSR count). The number of guanidine groups is 1. The minimum atomic E-state index is 0.740. The van der Waals surface area contributed by atoms with Gasteiger partial charge in [-0.15, -0.1) is 0 Å². The molecule has 0 fully saturated rings. The first-order valence-corrected chi connectivity index (χ1v) is 9.05. The molecule has 0 aromatic heterocycles. The molecule has 0 saturated heterocycles. The van der Waals surface area contributed by atoms with Gasteiger partial charge in [-0.25, -0.2) is 0 Å². The van der Waals surface area contributed by atoms with E-state index in [-0.39, 0.29) is 0 Å². The molecule has 0 bridgehead atoms. The van der Waals surface area contributed by atoms with E-state index in [2.05, 4.69) is 40.6 Å². The highest BCUT2D eigenvalue weighted by Crippen LogP contribution is 2.27. The summed E-state index contributed by atoms with van der Waals surface area (Å²) in [7, 11) is 7.09. The van der Waals surface area contributed by atoms with E-state index in [1.165, 1.54) is 5.56 Å². The normalized spacial score (nSPS) is 11.5. The van der Waals surface area contributed by atoms with Crippen molar-refractivity contribution in [1.82, 2.24) is 15.5 Å². The van der Waals surface area contributed by atoms with E-state index >= 15 is 0 Å². The van der Waals surface area contributed by atoms with E-state index in [1.54, 1.807) is 21.3 Å². The summed E-state index contributed by atoms with van der Waals surface area (Å²) in [5, 5.41) is 6.65. The summed E-state index contributed by atoms with van der Waals surface area (Å²) >= 11 is 0. The lowest BCUT2D eigenvalue weighted by Gasteiger charge is -2.16. The number of nitrogens with zero attached hydrogens (tertiary/aromatic N) is 2. The predicted molar refractivity (Wildman–Crippen MR) is 107 cm³/mol. The Kier molecular flexibility index (Phi) is 11.2. The first-order chi connectivity index (χ1) is 12.6. The Hall–Kier alpha value is -1.99. The van der Waals surface area contributed by atoms with Crippen LogP contribution in [0.1, 0.15) is 12.5 Å². The van der Waals surface area contributed by atoms with E-state index < -0.39 is 0 Å². The summed E-state index contributed by atoms with van der Waals surface area (Å²) in [6, 6.07) is 6.00. The largest absolute Gasteiger partial charge is 0.493 e. The molecule has 0 aliphatic rings. The second kappa shape index (κ2) is 13.2. The molecule has 0 amide bonds. The summed E-state index contributed by atoms with van der Waals surface area (Å²) in [6.45, 7) is 6.99. The van der Waals surface area contributed by atoms with Crippen molar-refractivity contribution in [1.29, 1.82) is 0 Å². The number of hydrogen-bond donors (Lipinski definition) is 2. The van der Waals surface area contributed by atoms with Gasteiger partial charge in [0.2, 0.25) is 0 Å². The van der Waals surface area contributed by atoms with Crippen molar-refractivity contribution in [3.05, 3.63) is 23.8 Å². The van der Waals surface area contributed by atoms with Crippen molar-refractivity contribution in [3.63, 3.8) is 0 Å². The Balaban J connectivity index is 2.46. The topological polar surface area (TPSA) is 67.4 Å². The summed E-state index contributed by atoms with van der Waals surface area (Å²) < 4.78 is 15.7. The number of likely N-dealkylation sites (N-methyl/N-ethyl adjacent to an activating group) is 1. The van der Waals surface area contributed by atoms with Gasteiger partial charge in [0.25, 0.3) is 0 Å². The number of hydrogen-bond acceptors (Lipinski definition) is 5. The second-order valence-corrected chi connectivity index (χ2v) is 5.92. The fourth-order valence-corrected chi connectivity index (χ4v) is 2.39. The van der Waals surface area contributed by atoms with Gasteiger partial charge in [0.1, 0.15) is 0 Å². The molecule has 0 aliphatic heterocycles. The molecule has 0 heterocycles. The second-order valence-electron chi connectivity index (χ2n) is 5.92. The number of methoxy groups -OCH3 is 3. The summed E-state index contributed by atoms with van der Waals surface area (Å²) in [6.07, 6.45) is 0.874. The van der Waals surface area contributed by atoms with Crippen LogP contribution < -0.4 is 20.1 Å². The minimum absolute atomic E-state index is 0.740. The maximum Gasteiger partial charge on any atom is 0.191 e. The van der Waals surface area contributed by atoms with Gasteiger partial charge in [0.05, 0.1) is 27.4 Å². The van der Waals surface area contributed by atoms with Crippen molar-refractivity contribution in [3.8, 4) is 11.5 Å². The number of ether oxygens (including phenoxy) is 3. The average Bonchev–Trinajstić information content (AvgIpc) is 2.66. The SMILES string of the molecule is CCNC(=NCCN(C)CCOC)NCCc1ccc(OC)c(OC)c1. The first-order valence-electron chi connectivity index (χ1n) is 9.05. The first kappa shape index (κ1) is 22.1. The van der Waals surface area contributed by atoms with Crippen LogP contribution in [-0.4, -0.2) is 78.6 Å². The molecular formula is C19H34N4O3. The molecule has 0 unspecified atom stereocenters. The molecule has 2 N–H and O–H groups in total. The van der Waals surface area contributed by atoms with Crippen molar-refractivity contribution >= 4 is 5.96 Å². The van der Waals surface area contributed by atoms with E-state index in [0.717, 1.165) is 63.2 Å². The van der Waals surface area contributed by atoms with E-state index in [4.69, 9.17) is 14.2 Å². The molecule has 7 heteroatoms. The van der Waals surface area contributed by atoms with Crippen LogP contribution in [0.5, 0.6) is 11.5 Å². The van der Waals surface area contributed by atoms with Gasteiger partial charge in [-0.3, -0.25) is 4.99 Å². The van der Waals surface area contributed by atoms with Gasteiger partial charge in [-0.1, -0.05) is 6.07 Å². The van der Waals surface area contributed by atoms with Crippen LogP contribution in [0, 0.1) is 0 Å². The van der Waals surface area contributed by atoms with Crippen LogP contribution in [0.4, 0.5) is 0 Å². The van der Waals surface area contributed by atoms with Gasteiger partial charge >= 0.3 is 0 Å². The van der Waals surface area contributed by atoms with Crippen molar-refractivity contribution < 1.29 is 14.2 Å². The van der Waals surface area contributed by atoms with Crippen LogP contribution in [-0.2, 0) is 11.2 Å². The zero-order valence-corrected chi connectivity index (χ0v) is 16.8. The van der Waals surface area contributed by atoms with Gasteiger partial charge in [0, 0.05) is 33.3 Å². The molecular weight excluding hydrogens is 332 g/mol. The van der Waals surface area contributed by atoms with Crippen LogP contribution in [0.15, 0.2) is 23.2 Å². The third-order valence-corrected chi connectivity index (χ3v) is 3.93. The Labute approximate surface area is 157 Å². The summed E-state index contributed by atoms with van der Waals surface area (Å²) in [5.74, 6) is 2.34. The highest BCUT2D eigenvalue weighted by Gasteiger charge is 2.05. The van der Waals surface area contributed by atoms with E-state index in [0.29, 0.717) is 0 Å². The maximum absolute atomic E-state index is 5.35. The molecule has 7 nitrogen and oxygen atoms in total. The van der Waals surface area contributed by atoms with Gasteiger partial charge in [0.15, 0.2) is 17.5 Å². The molecule has 148 valence electrons. The lowest BCUT2D eigenvalue weighted by molar-refractivity contribution is 0.163. The third-order valence-electron chi connectivity index (χ3n) is 3.93. The molecule has 0 radical (unpaired) electrons. The zero-order chi connectivity index (χ0) is 19.2. The van der Waals surface area contributed by atoms with E-state index in [1.807, 2.05) is 12.1 Å². The summed E-state index contributed by atoms with van der Waals surface area (Å²) in [4.78, 5) is 6.83. The number of benzene rings is 1. The molecule has 1 aromatic carbocycles. The van der Waals surface area contributed by atoms with E-state index in [9.17, 15) is 0 Å². The predicted octanol–water partition coefficient (Wildman–Crippen LogP) is 1.38. The lowest BCUT2D eigenvalue weighted by Crippen LogP contribution is -2.39. The Morgan fingerprint density at radius 2 is 1.85 bits per heavy atom. The van der Waals surface area contributed by atoms with Crippen molar-refractivity contribution in [2.75, 3.05) is 67.7 Å². The van der Waals surface area contributed by atoms with Gasteiger partial charge in [-0.05, 0) is 38.1 Å². The van der Waals surface area contributed by atoms with Crippen LogP contribution >= 0.6 is 0 Å². The van der Waals surface area contributed by atoms with Crippen molar-refractivity contribution in [2.45, 2.75) is 13.3 Å². The highest BCUT2D eigenvalue weighted by atomic mass is 16.5. The number of aliphatic imine (C=N–C) groups is 1. The number of nitrogens with one attached hydrogen (secondary N) is 2. The maximum atomic E-state index is 5.35. The lowest BCUT2D eigenvalue weighted by atomic mass is 10.1. The van der Waals surface area contributed by atoms with Gasteiger partial charge in [-0.2, -0.15) is 0 Å². The third kappa shape index (κ3) is 8.40. The monoisotopic (exact) mass is 366 g/mol. The standard InChI is InChI=1S/C19H34N4O3/c1-6-20-19(22-11-12-23(2)13-14-24-3)21-10-9-16-7-8-17(25-4)18(15-16)26-5/h7-8,15H,6,9-14H2,1-5H3,(H2,20,21,22). The Morgan fingerprint density at radius 1 is 1.08 bits per heavy atom. The Bertz CT molecular complexity index is 538. The fourth-order valence-electron chi connectivity index (χ4n) is 2.39. The molecule has 0 aliphatic carbocycles. The molecule has 26 heavy (non-hydrogen) atoms. The fraction of sp³-hybridized carbons (Fsp3) is 0.632. The smallest absolute Gasteiger partial charge is 0.191 e. The van der Waals surface area contributed by atoms with Gasteiger partial charge < -0.3 is 29.7 Å². The number of rotatable bonds is 12. The molecule has 1 aromatic rings. The summed E-state index contributed by atoms with van der Waals surface area (Å²) in [5.41, 5.74) is 1.19. The highest BCUT2D eigenvalue weighted by molar-refractivity contribution is 5.79. The molecule has 0 atom stereocenters. The molecule has 0 saturated carbocycles. The Morgan fingerprint density at radius 3 is 2.50 bits per heavy atom. The quantitative estimate of drug-likeness (QED) is 0.430. The van der Waals surface area contributed by atoms with Crippen LogP contribution in [0.25, 0.3) is 0 Å². The zero-order valence-electron chi connectivity index (χ0n) is 16.8. The average molecular weight is 367 g/mol. The van der Waals surface area contributed by atoms with Crippen molar-refractivity contribution in [2.24, 2.45) is 4.99 Å².